The smallest absolute Gasteiger partial charge is 0.133 e. The van der Waals surface area contributed by atoms with Crippen LogP contribution in [0.25, 0.3) is 0 Å². The molecular weight excluding hydrogens is 236 g/mol. The number of hydrogen-bond acceptors (Lipinski definition) is 3. The van der Waals surface area contributed by atoms with Gasteiger partial charge in [0.15, 0.2) is 0 Å². The van der Waals surface area contributed by atoms with Crippen molar-refractivity contribution in [2.45, 2.75) is 77.4 Å². The fraction of sp³-hybridized carbons (Fsp3) is 0.867. The van der Waals surface area contributed by atoms with Crippen molar-refractivity contribution in [3.05, 3.63) is 11.6 Å². The van der Waals surface area contributed by atoms with Crippen molar-refractivity contribution in [2.24, 2.45) is 5.92 Å². The molecule has 0 amide bonds. The van der Waals surface area contributed by atoms with E-state index < -0.39 is 0 Å². The number of aryl methyl sites for hydroxylation is 1. The molecule has 0 radical (unpaired) electrons. The van der Waals surface area contributed by atoms with Crippen LogP contribution in [0, 0.1) is 12.8 Å². The first-order valence-electron chi connectivity index (χ1n) is 7.91. The minimum absolute atomic E-state index is 0.775. The van der Waals surface area contributed by atoms with E-state index in [-0.39, 0.29) is 0 Å². The van der Waals surface area contributed by atoms with Crippen molar-refractivity contribution in [2.75, 3.05) is 0 Å². The first kappa shape index (κ1) is 13.1. The fourth-order valence-corrected chi connectivity index (χ4v) is 3.78. The number of fused-ring (bicyclic) bond motifs is 2. The zero-order valence-electron chi connectivity index (χ0n) is 12.2. The number of nitrogens with zero attached hydrogens (tertiary/aromatic N) is 3. The highest BCUT2D eigenvalue weighted by Crippen LogP contribution is 2.32. The van der Waals surface area contributed by atoms with Gasteiger partial charge in [-0.25, -0.2) is 0 Å². The Labute approximate surface area is 116 Å². The van der Waals surface area contributed by atoms with Crippen molar-refractivity contribution in [1.82, 2.24) is 20.1 Å². The van der Waals surface area contributed by atoms with Gasteiger partial charge < -0.3 is 9.88 Å². The fourth-order valence-electron chi connectivity index (χ4n) is 3.78. The third-order valence-corrected chi connectivity index (χ3v) is 4.79. The van der Waals surface area contributed by atoms with Crippen LogP contribution < -0.4 is 5.32 Å². The van der Waals surface area contributed by atoms with Gasteiger partial charge >= 0.3 is 0 Å². The largest absolute Gasteiger partial charge is 0.315 e. The maximum absolute atomic E-state index is 4.43. The molecule has 3 heterocycles. The summed E-state index contributed by atoms with van der Waals surface area (Å²) in [5.74, 6) is 3.11. The molecule has 2 aliphatic heterocycles. The average Bonchev–Trinajstić information content (AvgIpc) is 2.91. The quantitative estimate of drug-likeness (QED) is 0.886. The number of unbranched alkanes of at least 4 members (excludes halogenated alkanes) is 1. The lowest BCUT2D eigenvalue weighted by Crippen LogP contribution is -2.38. The van der Waals surface area contributed by atoms with Crippen LogP contribution in [-0.4, -0.2) is 26.8 Å². The first-order chi connectivity index (χ1) is 9.26. The lowest BCUT2D eigenvalue weighted by molar-refractivity contribution is 0.292. The van der Waals surface area contributed by atoms with Crippen molar-refractivity contribution in [3.8, 4) is 0 Å². The standard InChI is InChI=1S/C15H26N4/c1-3-4-7-19-11(2)17-18-15(19)10-12-8-13-5-6-14(9-12)16-13/h12-14,16H,3-10H2,1-2H3. The van der Waals surface area contributed by atoms with Gasteiger partial charge in [0.2, 0.25) is 0 Å². The molecule has 4 heteroatoms. The molecule has 1 N–H and O–H groups in total. The summed E-state index contributed by atoms with van der Waals surface area (Å²) in [4.78, 5) is 0. The highest BCUT2D eigenvalue weighted by molar-refractivity contribution is 4.99. The van der Waals surface area contributed by atoms with E-state index in [1.165, 1.54) is 44.3 Å². The van der Waals surface area contributed by atoms with Gasteiger partial charge in [-0.15, -0.1) is 10.2 Å². The van der Waals surface area contributed by atoms with Crippen LogP contribution >= 0.6 is 0 Å². The second-order valence-electron chi connectivity index (χ2n) is 6.35. The number of rotatable bonds is 5. The van der Waals surface area contributed by atoms with E-state index in [0.717, 1.165) is 36.8 Å². The number of aromatic nitrogens is 3. The van der Waals surface area contributed by atoms with Crippen molar-refractivity contribution >= 4 is 0 Å². The van der Waals surface area contributed by atoms with Crippen molar-refractivity contribution < 1.29 is 0 Å². The molecule has 1 aromatic heterocycles. The van der Waals surface area contributed by atoms with Gasteiger partial charge in [-0.2, -0.15) is 0 Å². The molecular formula is C15H26N4. The minimum Gasteiger partial charge on any atom is -0.315 e. The van der Waals surface area contributed by atoms with Gasteiger partial charge in [0.05, 0.1) is 0 Å². The zero-order valence-corrected chi connectivity index (χ0v) is 12.2. The Morgan fingerprint density at radius 3 is 2.63 bits per heavy atom. The van der Waals surface area contributed by atoms with E-state index in [1.54, 1.807) is 0 Å². The number of nitrogens with one attached hydrogen (secondary N) is 1. The molecule has 0 aliphatic carbocycles. The Balaban J connectivity index is 1.66. The van der Waals surface area contributed by atoms with E-state index in [9.17, 15) is 0 Å². The summed E-state index contributed by atoms with van der Waals surface area (Å²) < 4.78 is 2.34. The van der Waals surface area contributed by atoms with Gasteiger partial charge in [-0.05, 0) is 44.9 Å². The highest BCUT2D eigenvalue weighted by atomic mass is 15.3. The highest BCUT2D eigenvalue weighted by Gasteiger charge is 2.34. The molecule has 2 aliphatic rings. The minimum atomic E-state index is 0.775. The molecule has 4 nitrogen and oxygen atoms in total. The Hall–Kier alpha value is -0.900. The Morgan fingerprint density at radius 2 is 1.95 bits per heavy atom. The predicted octanol–water partition coefficient (Wildman–Crippen LogP) is 2.46. The Morgan fingerprint density at radius 1 is 1.21 bits per heavy atom. The monoisotopic (exact) mass is 262 g/mol. The molecule has 0 aromatic carbocycles. The van der Waals surface area contributed by atoms with Gasteiger partial charge in [0, 0.05) is 25.0 Å². The third-order valence-electron chi connectivity index (χ3n) is 4.79. The molecule has 0 saturated carbocycles. The molecule has 3 rings (SSSR count). The number of hydrogen-bond donors (Lipinski definition) is 1. The molecule has 2 atom stereocenters. The predicted molar refractivity (Wildman–Crippen MR) is 76.0 cm³/mol. The van der Waals surface area contributed by atoms with Gasteiger partial charge in [0.1, 0.15) is 11.6 Å². The summed E-state index contributed by atoms with van der Waals surface area (Å²) in [6, 6.07) is 1.55. The normalized spacial score (nSPS) is 29.9. The molecule has 106 valence electrons. The van der Waals surface area contributed by atoms with Gasteiger partial charge in [-0.1, -0.05) is 13.3 Å². The number of piperidine rings is 1. The second-order valence-corrected chi connectivity index (χ2v) is 6.35. The Kier molecular flexibility index (Phi) is 3.87. The topological polar surface area (TPSA) is 42.7 Å². The van der Waals surface area contributed by atoms with E-state index >= 15 is 0 Å². The van der Waals surface area contributed by atoms with Crippen LogP contribution in [0.4, 0.5) is 0 Å². The van der Waals surface area contributed by atoms with Crippen LogP contribution in [0.15, 0.2) is 0 Å². The van der Waals surface area contributed by atoms with E-state index in [4.69, 9.17) is 0 Å². The second kappa shape index (κ2) is 5.61. The zero-order chi connectivity index (χ0) is 13.2. The van der Waals surface area contributed by atoms with Crippen LogP contribution in [0.5, 0.6) is 0 Å². The summed E-state index contributed by atoms with van der Waals surface area (Å²) in [7, 11) is 0. The first-order valence-corrected chi connectivity index (χ1v) is 7.91. The molecule has 0 spiro atoms. The van der Waals surface area contributed by atoms with Gasteiger partial charge in [-0.3, -0.25) is 0 Å². The molecule has 2 bridgehead atoms. The summed E-state index contributed by atoms with van der Waals surface area (Å²) in [5.41, 5.74) is 0. The summed E-state index contributed by atoms with van der Waals surface area (Å²) in [6.45, 7) is 5.41. The van der Waals surface area contributed by atoms with Crippen LogP contribution in [-0.2, 0) is 13.0 Å². The van der Waals surface area contributed by atoms with E-state index in [2.05, 4.69) is 33.9 Å². The molecule has 1 aromatic rings. The van der Waals surface area contributed by atoms with Gasteiger partial charge in [0.25, 0.3) is 0 Å². The van der Waals surface area contributed by atoms with Crippen LogP contribution in [0.1, 0.15) is 57.1 Å². The van der Waals surface area contributed by atoms with Crippen LogP contribution in [0.2, 0.25) is 0 Å². The summed E-state index contributed by atoms with van der Waals surface area (Å²) in [6.07, 6.45) is 8.99. The van der Waals surface area contributed by atoms with E-state index in [0.29, 0.717) is 0 Å². The molecule has 2 fully saturated rings. The summed E-state index contributed by atoms with van der Waals surface area (Å²) in [5, 5.41) is 12.4. The molecule has 19 heavy (non-hydrogen) atoms. The Bertz CT molecular complexity index is 414. The maximum atomic E-state index is 4.43. The van der Waals surface area contributed by atoms with Crippen molar-refractivity contribution in [3.63, 3.8) is 0 Å². The summed E-state index contributed by atoms with van der Waals surface area (Å²) >= 11 is 0. The lowest BCUT2D eigenvalue weighted by atomic mass is 9.89. The van der Waals surface area contributed by atoms with Crippen molar-refractivity contribution in [1.29, 1.82) is 0 Å². The third kappa shape index (κ3) is 2.83. The molecule has 2 unspecified atom stereocenters. The maximum Gasteiger partial charge on any atom is 0.133 e. The lowest BCUT2D eigenvalue weighted by Gasteiger charge is -2.28. The van der Waals surface area contributed by atoms with E-state index in [1.807, 2.05) is 0 Å². The van der Waals surface area contributed by atoms with Crippen LogP contribution in [0.3, 0.4) is 0 Å². The molecule has 2 saturated heterocycles. The SMILES string of the molecule is CCCCn1c(C)nnc1CC1CC2CCC(C1)N2. The average molecular weight is 262 g/mol.